The van der Waals surface area contributed by atoms with Gasteiger partial charge in [0, 0.05) is 23.4 Å². The summed E-state index contributed by atoms with van der Waals surface area (Å²) < 4.78 is 7.50. The first-order valence-corrected chi connectivity index (χ1v) is 6.21. The van der Waals surface area contributed by atoms with Crippen LogP contribution in [0.5, 0.6) is 0 Å². The summed E-state index contributed by atoms with van der Waals surface area (Å²) in [6.07, 6.45) is 0. The number of fused-ring (bicyclic) bond motifs is 1. The Morgan fingerprint density at radius 1 is 1.26 bits per heavy atom. The molecule has 1 aromatic carbocycles. The van der Waals surface area contributed by atoms with Crippen LogP contribution in [-0.4, -0.2) is 34.2 Å². The van der Waals surface area contributed by atoms with E-state index in [-0.39, 0.29) is 5.78 Å². The summed E-state index contributed by atoms with van der Waals surface area (Å²) in [6, 6.07) is 7.46. The van der Waals surface area contributed by atoms with Gasteiger partial charge < -0.3 is 0 Å². The molecule has 0 N–H and O–H groups in total. The SMILES string of the molecule is [2H]c1ccc(-c2nc(C)c3c(n2)C(=O)CN(C)C3)cc1. The molecule has 0 saturated heterocycles. The number of carbonyl (C=O) groups excluding carboxylic acids is 1. The van der Waals surface area contributed by atoms with E-state index in [0.29, 0.717) is 30.7 Å². The lowest BCUT2D eigenvalue weighted by atomic mass is 10.0. The Bertz CT molecular complexity index is 682. The lowest BCUT2D eigenvalue weighted by Crippen LogP contribution is -2.33. The molecule has 0 bridgehead atoms. The molecule has 0 fully saturated rings. The zero-order chi connectivity index (χ0) is 14.3. The molecule has 2 aromatic rings. The van der Waals surface area contributed by atoms with E-state index in [1.807, 2.05) is 31.0 Å². The molecule has 0 saturated carbocycles. The average Bonchev–Trinajstić information content (AvgIpc) is 2.40. The first-order chi connectivity index (χ1) is 9.54. The van der Waals surface area contributed by atoms with Gasteiger partial charge in [-0.3, -0.25) is 9.69 Å². The smallest absolute Gasteiger partial charge is 0.195 e. The number of aromatic nitrogens is 2. The molecule has 3 rings (SSSR count). The van der Waals surface area contributed by atoms with Crippen LogP contribution >= 0.6 is 0 Å². The van der Waals surface area contributed by atoms with Crippen LogP contribution in [-0.2, 0) is 6.54 Å². The highest BCUT2D eigenvalue weighted by Gasteiger charge is 2.25. The van der Waals surface area contributed by atoms with Gasteiger partial charge in [-0.1, -0.05) is 30.3 Å². The molecule has 0 aliphatic carbocycles. The lowest BCUT2D eigenvalue weighted by molar-refractivity contribution is 0.0915. The molecule has 1 aliphatic heterocycles. The van der Waals surface area contributed by atoms with Crippen molar-refractivity contribution in [3.05, 3.63) is 47.3 Å². The fourth-order valence-electron chi connectivity index (χ4n) is 2.33. The van der Waals surface area contributed by atoms with Crippen LogP contribution in [0.3, 0.4) is 0 Å². The number of likely N-dealkylation sites (N-methyl/N-ethyl adjacent to an activating group) is 1. The summed E-state index contributed by atoms with van der Waals surface area (Å²) in [5.41, 5.74) is 3.14. The number of hydrogen-bond acceptors (Lipinski definition) is 4. The average molecular weight is 254 g/mol. The van der Waals surface area contributed by atoms with Gasteiger partial charge in [-0.15, -0.1) is 0 Å². The summed E-state index contributed by atoms with van der Waals surface area (Å²) in [4.78, 5) is 23.0. The van der Waals surface area contributed by atoms with Crippen LogP contribution in [0.15, 0.2) is 30.3 Å². The van der Waals surface area contributed by atoms with Crippen LogP contribution in [0.25, 0.3) is 11.4 Å². The Balaban J connectivity index is 2.11. The molecule has 0 unspecified atom stereocenters. The van der Waals surface area contributed by atoms with Crippen LogP contribution in [0, 0.1) is 6.92 Å². The van der Waals surface area contributed by atoms with E-state index in [1.165, 1.54) is 0 Å². The molecule has 19 heavy (non-hydrogen) atoms. The van der Waals surface area contributed by atoms with Gasteiger partial charge in [0.05, 0.1) is 7.92 Å². The third-order valence-corrected chi connectivity index (χ3v) is 3.30. The number of ketones is 1. The van der Waals surface area contributed by atoms with Gasteiger partial charge in [0.1, 0.15) is 5.69 Å². The van der Waals surface area contributed by atoms with Gasteiger partial charge in [-0.2, -0.15) is 0 Å². The fraction of sp³-hybridized carbons (Fsp3) is 0.267. The number of nitrogens with zero attached hydrogens (tertiary/aromatic N) is 3. The van der Waals surface area contributed by atoms with Gasteiger partial charge in [0.2, 0.25) is 0 Å². The van der Waals surface area contributed by atoms with E-state index in [0.717, 1.165) is 16.8 Å². The molecule has 0 amide bonds. The van der Waals surface area contributed by atoms with Crippen LogP contribution in [0.2, 0.25) is 0 Å². The van der Waals surface area contributed by atoms with Crippen molar-refractivity contribution >= 4 is 5.78 Å². The molecule has 0 atom stereocenters. The van der Waals surface area contributed by atoms with Crippen molar-refractivity contribution in [1.29, 1.82) is 0 Å². The Labute approximate surface area is 113 Å². The quantitative estimate of drug-likeness (QED) is 0.781. The Hall–Kier alpha value is -2.07. The van der Waals surface area contributed by atoms with Gasteiger partial charge in [-0.25, -0.2) is 9.97 Å². The van der Waals surface area contributed by atoms with Gasteiger partial charge in [-0.05, 0) is 14.0 Å². The maximum absolute atomic E-state index is 12.1. The molecule has 2 heterocycles. The molecular weight excluding hydrogens is 238 g/mol. The molecule has 0 radical (unpaired) electrons. The highest BCUT2D eigenvalue weighted by atomic mass is 16.1. The predicted octanol–water partition coefficient (Wildman–Crippen LogP) is 2.08. The topological polar surface area (TPSA) is 46.1 Å². The number of benzene rings is 1. The van der Waals surface area contributed by atoms with Crippen molar-refractivity contribution in [1.82, 2.24) is 14.9 Å². The minimum absolute atomic E-state index is 0.0395. The summed E-state index contributed by atoms with van der Waals surface area (Å²) >= 11 is 0. The monoisotopic (exact) mass is 254 g/mol. The number of aryl methyl sites for hydroxylation is 1. The zero-order valence-corrected chi connectivity index (χ0v) is 11.0. The first-order valence-electron chi connectivity index (χ1n) is 6.71. The Morgan fingerprint density at radius 3 is 2.74 bits per heavy atom. The highest BCUT2D eigenvalue weighted by molar-refractivity contribution is 5.98. The molecule has 4 nitrogen and oxygen atoms in total. The molecule has 96 valence electrons. The maximum atomic E-state index is 12.1. The van der Waals surface area contributed by atoms with Crippen molar-refractivity contribution in [2.75, 3.05) is 13.6 Å². The molecule has 0 spiro atoms. The summed E-state index contributed by atoms with van der Waals surface area (Å²) in [5.74, 6) is 0.594. The molecular formula is C15H15N3O. The van der Waals surface area contributed by atoms with E-state index >= 15 is 0 Å². The second-order valence-electron chi connectivity index (χ2n) is 4.84. The zero-order valence-electron chi connectivity index (χ0n) is 12.0. The van der Waals surface area contributed by atoms with E-state index in [4.69, 9.17) is 1.37 Å². The number of hydrogen-bond donors (Lipinski definition) is 0. The van der Waals surface area contributed by atoms with Crippen LogP contribution in [0.4, 0.5) is 0 Å². The molecule has 1 aromatic heterocycles. The molecule has 4 heteroatoms. The van der Waals surface area contributed by atoms with Crippen LogP contribution < -0.4 is 0 Å². The van der Waals surface area contributed by atoms with E-state index in [1.54, 1.807) is 12.1 Å². The Kier molecular flexibility index (Phi) is 2.59. The number of rotatable bonds is 1. The summed E-state index contributed by atoms with van der Waals surface area (Å²) in [5, 5.41) is 0. The third-order valence-electron chi connectivity index (χ3n) is 3.30. The molecule has 1 aliphatic rings. The predicted molar refractivity (Wildman–Crippen MR) is 72.9 cm³/mol. The first kappa shape index (κ1) is 10.8. The van der Waals surface area contributed by atoms with E-state index in [2.05, 4.69) is 9.97 Å². The van der Waals surface area contributed by atoms with Crippen molar-refractivity contribution in [2.24, 2.45) is 0 Å². The van der Waals surface area contributed by atoms with Crippen molar-refractivity contribution < 1.29 is 6.17 Å². The van der Waals surface area contributed by atoms with Crippen LogP contribution in [0.1, 0.15) is 23.1 Å². The third kappa shape index (κ3) is 2.15. The number of Topliss-reactive ketones (excluding diaryl/α,β-unsaturated/α-hetero) is 1. The highest BCUT2D eigenvalue weighted by Crippen LogP contribution is 2.23. The minimum Gasteiger partial charge on any atom is -0.294 e. The normalized spacial score (nSPS) is 16.1. The number of carbonyl (C=O) groups is 1. The summed E-state index contributed by atoms with van der Waals surface area (Å²) in [6.45, 7) is 3.02. The largest absolute Gasteiger partial charge is 0.294 e. The van der Waals surface area contributed by atoms with E-state index < -0.39 is 0 Å². The van der Waals surface area contributed by atoms with E-state index in [9.17, 15) is 4.79 Å². The summed E-state index contributed by atoms with van der Waals surface area (Å²) in [7, 11) is 1.92. The van der Waals surface area contributed by atoms with Crippen molar-refractivity contribution in [3.8, 4) is 11.4 Å². The Morgan fingerprint density at radius 2 is 2.00 bits per heavy atom. The second kappa shape index (κ2) is 4.55. The fourth-order valence-corrected chi connectivity index (χ4v) is 2.33. The van der Waals surface area contributed by atoms with Gasteiger partial charge in [0.15, 0.2) is 11.6 Å². The van der Waals surface area contributed by atoms with Crippen molar-refractivity contribution in [3.63, 3.8) is 0 Å². The van der Waals surface area contributed by atoms with Gasteiger partial charge in [0.25, 0.3) is 0 Å². The minimum atomic E-state index is 0.0395. The van der Waals surface area contributed by atoms with Gasteiger partial charge >= 0.3 is 0 Å². The second-order valence-corrected chi connectivity index (χ2v) is 4.84. The standard InChI is InChI=1S/C15H15N3O/c1-10-12-8-18(2)9-13(19)14(12)17-15(16-10)11-6-4-3-5-7-11/h3-7H,8-9H2,1-2H3/i3D. The van der Waals surface area contributed by atoms with Crippen molar-refractivity contribution in [2.45, 2.75) is 13.5 Å². The lowest BCUT2D eigenvalue weighted by Gasteiger charge is -2.24. The maximum Gasteiger partial charge on any atom is 0.195 e.